The molecule has 0 aromatic heterocycles. The minimum absolute atomic E-state index is 0.116. The van der Waals surface area contributed by atoms with Crippen molar-refractivity contribution in [2.75, 3.05) is 38.1 Å². The quantitative estimate of drug-likeness (QED) is 0.617. The Kier molecular flexibility index (Phi) is 8.96. The highest BCUT2D eigenvalue weighted by molar-refractivity contribution is 6.31. The Labute approximate surface area is 177 Å². The van der Waals surface area contributed by atoms with Crippen LogP contribution in [0.3, 0.4) is 0 Å². The van der Waals surface area contributed by atoms with Crippen LogP contribution in [0.4, 0.5) is 5.69 Å². The number of halogens is 1. The summed E-state index contributed by atoms with van der Waals surface area (Å²) in [5.41, 5.74) is 2.04. The third kappa shape index (κ3) is 7.40. The molecule has 156 valence electrons. The number of amides is 2. The Morgan fingerprint density at radius 3 is 2.38 bits per heavy atom. The van der Waals surface area contributed by atoms with Gasteiger partial charge in [0.2, 0.25) is 0 Å². The van der Waals surface area contributed by atoms with Crippen molar-refractivity contribution in [3.63, 3.8) is 0 Å². The van der Waals surface area contributed by atoms with Crippen LogP contribution in [0.5, 0.6) is 5.75 Å². The predicted molar refractivity (Wildman–Crippen MR) is 117 cm³/mol. The number of rotatable bonds is 10. The standard InChI is InChI=1S/C22H28ClN3O3/c1-4-26(5-2)13-12-24-22(28)17-6-8-18(9-7-17)25-21(27)15-29-19-10-11-20(23)16(3)14-19/h6-11,14H,4-5,12-13,15H2,1-3H3,(H,24,28)(H,25,27). The van der Waals surface area contributed by atoms with Crippen LogP contribution in [0.2, 0.25) is 5.02 Å². The lowest BCUT2D eigenvalue weighted by Gasteiger charge is -2.18. The van der Waals surface area contributed by atoms with Crippen molar-refractivity contribution in [1.82, 2.24) is 10.2 Å². The average molecular weight is 418 g/mol. The maximum absolute atomic E-state index is 12.2. The summed E-state index contributed by atoms with van der Waals surface area (Å²) < 4.78 is 5.48. The van der Waals surface area contributed by atoms with Crippen molar-refractivity contribution in [3.8, 4) is 5.75 Å². The van der Waals surface area contributed by atoms with Gasteiger partial charge < -0.3 is 20.3 Å². The fraction of sp³-hybridized carbons (Fsp3) is 0.364. The molecule has 0 spiro atoms. The van der Waals surface area contributed by atoms with E-state index < -0.39 is 0 Å². The van der Waals surface area contributed by atoms with Crippen LogP contribution < -0.4 is 15.4 Å². The van der Waals surface area contributed by atoms with Gasteiger partial charge in [-0.25, -0.2) is 0 Å². The second-order valence-electron chi connectivity index (χ2n) is 6.61. The molecule has 2 rings (SSSR count). The minimum atomic E-state index is -0.283. The first-order valence-electron chi connectivity index (χ1n) is 9.72. The molecule has 0 saturated heterocycles. The van der Waals surface area contributed by atoms with Crippen LogP contribution >= 0.6 is 11.6 Å². The number of likely N-dealkylation sites (N-methyl/N-ethyl adjacent to an activating group) is 1. The van der Waals surface area contributed by atoms with Gasteiger partial charge >= 0.3 is 0 Å². The van der Waals surface area contributed by atoms with Crippen LogP contribution in [0.1, 0.15) is 29.8 Å². The lowest BCUT2D eigenvalue weighted by atomic mass is 10.2. The lowest BCUT2D eigenvalue weighted by Crippen LogP contribution is -2.34. The van der Waals surface area contributed by atoms with Crippen LogP contribution in [-0.4, -0.2) is 49.5 Å². The fourth-order valence-electron chi connectivity index (χ4n) is 2.73. The molecule has 0 aliphatic rings. The summed E-state index contributed by atoms with van der Waals surface area (Å²) in [5.74, 6) is 0.171. The smallest absolute Gasteiger partial charge is 0.262 e. The van der Waals surface area contributed by atoms with Crippen LogP contribution in [0.25, 0.3) is 0 Å². The van der Waals surface area contributed by atoms with E-state index in [9.17, 15) is 9.59 Å². The molecule has 7 heteroatoms. The molecule has 0 saturated carbocycles. The van der Waals surface area contributed by atoms with Crippen molar-refractivity contribution >= 4 is 29.1 Å². The third-order valence-corrected chi connectivity index (χ3v) is 4.96. The van der Waals surface area contributed by atoms with E-state index >= 15 is 0 Å². The monoisotopic (exact) mass is 417 g/mol. The molecule has 2 aromatic carbocycles. The predicted octanol–water partition coefficient (Wildman–Crippen LogP) is 3.74. The highest BCUT2D eigenvalue weighted by Crippen LogP contribution is 2.21. The third-order valence-electron chi connectivity index (χ3n) is 4.54. The number of ether oxygens (including phenoxy) is 1. The number of hydrogen-bond donors (Lipinski definition) is 2. The molecule has 29 heavy (non-hydrogen) atoms. The number of hydrogen-bond acceptors (Lipinski definition) is 4. The molecule has 0 bridgehead atoms. The van der Waals surface area contributed by atoms with Crippen molar-refractivity contribution in [1.29, 1.82) is 0 Å². The zero-order valence-corrected chi connectivity index (χ0v) is 17.9. The topological polar surface area (TPSA) is 70.7 Å². The second kappa shape index (κ2) is 11.4. The Bertz CT molecular complexity index is 821. The minimum Gasteiger partial charge on any atom is -0.484 e. The molecular formula is C22H28ClN3O3. The van der Waals surface area contributed by atoms with Gasteiger partial charge in [-0.1, -0.05) is 25.4 Å². The number of benzene rings is 2. The number of carbonyl (C=O) groups excluding carboxylic acids is 2. The Balaban J connectivity index is 1.79. The van der Waals surface area contributed by atoms with E-state index in [1.807, 2.05) is 6.92 Å². The molecule has 0 radical (unpaired) electrons. The van der Waals surface area contributed by atoms with Gasteiger partial charge in [-0.2, -0.15) is 0 Å². The summed E-state index contributed by atoms with van der Waals surface area (Å²) in [7, 11) is 0. The van der Waals surface area contributed by atoms with Crippen molar-refractivity contribution in [2.24, 2.45) is 0 Å². The zero-order chi connectivity index (χ0) is 21.2. The zero-order valence-electron chi connectivity index (χ0n) is 17.1. The first kappa shape index (κ1) is 22.7. The van der Waals surface area contributed by atoms with Crippen LogP contribution in [0, 0.1) is 6.92 Å². The molecule has 2 N–H and O–H groups in total. The summed E-state index contributed by atoms with van der Waals surface area (Å²) in [6.45, 7) is 9.29. The fourth-order valence-corrected chi connectivity index (χ4v) is 2.84. The van der Waals surface area contributed by atoms with Gasteiger partial charge in [0, 0.05) is 29.4 Å². The lowest BCUT2D eigenvalue weighted by molar-refractivity contribution is -0.118. The maximum Gasteiger partial charge on any atom is 0.262 e. The SMILES string of the molecule is CCN(CC)CCNC(=O)c1ccc(NC(=O)COc2ccc(Cl)c(C)c2)cc1. The molecule has 0 aliphatic heterocycles. The summed E-state index contributed by atoms with van der Waals surface area (Å²) in [4.78, 5) is 26.5. The summed E-state index contributed by atoms with van der Waals surface area (Å²) in [5, 5.41) is 6.31. The molecule has 2 aromatic rings. The highest BCUT2D eigenvalue weighted by Gasteiger charge is 2.08. The number of carbonyl (C=O) groups is 2. The molecule has 0 fully saturated rings. The van der Waals surface area contributed by atoms with Gasteiger partial charge in [-0.15, -0.1) is 0 Å². The van der Waals surface area contributed by atoms with Gasteiger partial charge in [0.25, 0.3) is 11.8 Å². The summed E-state index contributed by atoms with van der Waals surface area (Å²) >= 11 is 5.98. The molecular weight excluding hydrogens is 390 g/mol. The Morgan fingerprint density at radius 1 is 1.07 bits per heavy atom. The number of nitrogens with zero attached hydrogens (tertiary/aromatic N) is 1. The molecule has 0 atom stereocenters. The maximum atomic E-state index is 12.2. The highest BCUT2D eigenvalue weighted by atomic mass is 35.5. The second-order valence-corrected chi connectivity index (χ2v) is 7.02. The van der Waals surface area contributed by atoms with Gasteiger partial charge in [-0.05, 0) is 68.0 Å². The number of nitrogens with one attached hydrogen (secondary N) is 2. The van der Waals surface area contributed by atoms with E-state index in [2.05, 4.69) is 29.4 Å². The van der Waals surface area contributed by atoms with Gasteiger partial charge in [0.15, 0.2) is 6.61 Å². The van der Waals surface area contributed by atoms with Gasteiger partial charge in [-0.3, -0.25) is 9.59 Å². The molecule has 2 amide bonds. The van der Waals surface area contributed by atoms with Crippen LogP contribution in [-0.2, 0) is 4.79 Å². The van der Waals surface area contributed by atoms with E-state index in [-0.39, 0.29) is 18.4 Å². The average Bonchev–Trinajstić information content (AvgIpc) is 2.72. The summed E-state index contributed by atoms with van der Waals surface area (Å²) in [6.07, 6.45) is 0. The van der Waals surface area contributed by atoms with E-state index in [1.165, 1.54) is 0 Å². The molecule has 6 nitrogen and oxygen atoms in total. The van der Waals surface area contributed by atoms with Crippen molar-refractivity contribution in [3.05, 3.63) is 58.6 Å². The van der Waals surface area contributed by atoms with E-state index in [4.69, 9.17) is 16.3 Å². The number of aryl methyl sites for hydroxylation is 1. The van der Waals surface area contributed by atoms with E-state index in [0.717, 1.165) is 25.2 Å². The normalized spacial score (nSPS) is 10.7. The van der Waals surface area contributed by atoms with E-state index in [0.29, 0.717) is 28.6 Å². The first-order valence-corrected chi connectivity index (χ1v) is 10.1. The largest absolute Gasteiger partial charge is 0.484 e. The van der Waals surface area contributed by atoms with Crippen molar-refractivity contribution < 1.29 is 14.3 Å². The Hall–Kier alpha value is -2.57. The number of anilines is 1. The van der Waals surface area contributed by atoms with Gasteiger partial charge in [0.05, 0.1) is 0 Å². The summed E-state index contributed by atoms with van der Waals surface area (Å²) in [6, 6.07) is 12.0. The van der Waals surface area contributed by atoms with Gasteiger partial charge in [0.1, 0.15) is 5.75 Å². The Morgan fingerprint density at radius 2 is 1.76 bits per heavy atom. The van der Waals surface area contributed by atoms with Crippen molar-refractivity contribution in [2.45, 2.75) is 20.8 Å². The molecule has 0 unspecified atom stereocenters. The van der Waals surface area contributed by atoms with Crippen LogP contribution in [0.15, 0.2) is 42.5 Å². The molecule has 0 aliphatic carbocycles. The molecule has 0 heterocycles. The first-order chi connectivity index (χ1) is 13.9. The van der Waals surface area contributed by atoms with E-state index in [1.54, 1.807) is 42.5 Å².